The van der Waals surface area contributed by atoms with Crippen LogP contribution in [0.4, 0.5) is 5.69 Å². The monoisotopic (exact) mass is 415 g/mol. The number of carbonyl (C=O) groups excluding carboxylic acids is 3. The highest BCUT2D eigenvalue weighted by molar-refractivity contribution is 8.00. The van der Waals surface area contributed by atoms with Gasteiger partial charge < -0.3 is 15.1 Å². The van der Waals surface area contributed by atoms with E-state index in [0.29, 0.717) is 17.0 Å². The fraction of sp³-hybridized carbons (Fsp3) is 0.591. The van der Waals surface area contributed by atoms with Gasteiger partial charge >= 0.3 is 0 Å². The number of nitrogens with one attached hydrogen (secondary N) is 1. The zero-order valence-corrected chi connectivity index (χ0v) is 17.6. The molecule has 3 amide bonds. The highest BCUT2D eigenvalue weighted by atomic mass is 32.2. The Morgan fingerprint density at radius 1 is 1.03 bits per heavy atom. The van der Waals surface area contributed by atoms with Crippen molar-refractivity contribution < 1.29 is 14.4 Å². The van der Waals surface area contributed by atoms with Crippen molar-refractivity contribution in [1.29, 1.82) is 0 Å². The summed E-state index contributed by atoms with van der Waals surface area (Å²) in [6.07, 6.45) is 8.87. The van der Waals surface area contributed by atoms with Crippen LogP contribution in [0.5, 0.6) is 0 Å². The Labute approximate surface area is 176 Å². The van der Waals surface area contributed by atoms with Gasteiger partial charge in [0.15, 0.2) is 0 Å². The number of anilines is 1. The Kier molecular flexibility index (Phi) is 6.43. The summed E-state index contributed by atoms with van der Waals surface area (Å²) in [4.78, 5) is 42.4. The summed E-state index contributed by atoms with van der Waals surface area (Å²) in [6.45, 7) is 1.60. The van der Waals surface area contributed by atoms with Crippen LogP contribution in [0.2, 0.25) is 0 Å². The van der Waals surface area contributed by atoms with E-state index in [1.807, 2.05) is 17.0 Å². The Bertz CT molecular complexity index is 784. The number of amides is 3. The van der Waals surface area contributed by atoms with Crippen LogP contribution in [0.3, 0.4) is 0 Å². The van der Waals surface area contributed by atoms with E-state index in [0.717, 1.165) is 56.5 Å². The Hall–Kier alpha value is -2.02. The largest absolute Gasteiger partial charge is 0.352 e. The van der Waals surface area contributed by atoms with E-state index in [1.54, 1.807) is 11.0 Å². The first-order chi connectivity index (χ1) is 14.1. The molecule has 4 rings (SSSR count). The standard InChI is InChI=1S/C22H29N3O3S/c26-20(23-17-7-3-1-2-4-8-17)14-25-18-13-16(22(28)24-11-5-6-12-24)9-10-19(18)29-15-21(25)27/h9-10,13,17H,1-8,11-12,14-15H2,(H,23,26). The lowest BCUT2D eigenvalue weighted by atomic mass is 10.1. The fourth-order valence-corrected chi connectivity index (χ4v) is 5.37. The van der Waals surface area contributed by atoms with Crippen molar-refractivity contribution in [1.82, 2.24) is 10.2 Å². The molecule has 1 aromatic carbocycles. The Morgan fingerprint density at radius 2 is 1.76 bits per heavy atom. The zero-order chi connectivity index (χ0) is 20.2. The number of rotatable bonds is 4. The maximum Gasteiger partial charge on any atom is 0.253 e. The molecular weight excluding hydrogens is 386 g/mol. The summed E-state index contributed by atoms with van der Waals surface area (Å²) >= 11 is 1.47. The van der Waals surface area contributed by atoms with Gasteiger partial charge in [0.2, 0.25) is 11.8 Å². The summed E-state index contributed by atoms with van der Waals surface area (Å²) in [5, 5.41) is 3.12. The van der Waals surface area contributed by atoms with Crippen LogP contribution < -0.4 is 10.2 Å². The molecule has 29 heavy (non-hydrogen) atoms. The predicted octanol–water partition coefficient (Wildman–Crippen LogP) is 3.20. The average molecular weight is 416 g/mol. The number of hydrogen-bond acceptors (Lipinski definition) is 4. The summed E-state index contributed by atoms with van der Waals surface area (Å²) < 4.78 is 0. The average Bonchev–Trinajstić information content (AvgIpc) is 3.15. The number of hydrogen-bond donors (Lipinski definition) is 1. The second-order valence-corrected chi connectivity index (χ2v) is 9.22. The first kappa shape index (κ1) is 20.3. The molecule has 1 N–H and O–H groups in total. The van der Waals surface area contributed by atoms with Gasteiger partial charge in [-0.3, -0.25) is 14.4 Å². The zero-order valence-electron chi connectivity index (χ0n) is 16.8. The quantitative estimate of drug-likeness (QED) is 0.767. The molecule has 1 saturated heterocycles. The normalized spacial score (nSPS) is 20.3. The molecule has 0 bridgehead atoms. The molecule has 1 aromatic rings. The number of likely N-dealkylation sites (tertiary alicyclic amines) is 1. The van der Waals surface area contributed by atoms with Gasteiger partial charge in [-0.2, -0.15) is 0 Å². The second kappa shape index (κ2) is 9.20. The van der Waals surface area contributed by atoms with Gasteiger partial charge in [0, 0.05) is 29.6 Å². The number of carbonyl (C=O) groups is 3. The lowest BCUT2D eigenvalue weighted by Gasteiger charge is -2.30. The molecule has 2 heterocycles. The minimum atomic E-state index is -0.112. The first-order valence-electron chi connectivity index (χ1n) is 10.8. The van der Waals surface area contributed by atoms with Gasteiger partial charge in [-0.15, -0.1) is 11.8 Å². The highest BCUT2D eigenvalue weighted by Gasteiger charge is 2.29. The number of benzene rings is 1. The third kappa shape index (κ3) is 4.77. The third-order valence-electron chi connectivity index (χ3n) is 6.06. The van der Waals surface area contributed by atoms with E-state index in [1.165, 1.54) is 24.6 Å². The molecule has 6 nitrogen and oxygen atoms in total. The number of thioether (sulfide) groups is 1. The van der Waals surface area contributed by atoms with Crippen molar-refractivity contribution in [3.8, 4) is 0 Å². The first-order valence-corrected chi connectivity index (χ1v) is 11.8. The van der Waals surface area contributed by atoms with E-state index < -0.39 is 0 Å². The molecule has 0 radical (unpaired) electrons. The maximum absolute atomic E-state index is 12.8. The molecule has 2 fully saturated rings. The molecule has 7 heteroatoms. The Morgan fingerprint density at radius 3 is 2.48 bits per heavy atom. The van der Waals surface area contributed by atoms with E-state index in [-0.39, 0.29) is 30.3 Å². The van der Waals surface area contributed by atoms with Crippen LogP contribution in [0, 0.1) is 0 Å². The van der Waals surface area contributed by atoms with Crippen molar-refractivity contribution in [2.75, 3.05) is 30.3 Å². The highest BCUT2D eigenvalue weighted by Crippen LogP contribution is 2.36. The molecule has 0 atom stereocenters. The van der Waals surface area contributed by atoms with Gasteiger partial charge in [0.05, 0.1) is 11.4 Å². The van der Waals surface area contributed by atoms with Crippen LogP contribution in [-0.2, 0) is 9.59 Å². The SMILES string of the molecule is O=C(CN1C(=O)CSc2ccc(C(=O)N3CCCC3)cc21)NC1CCCCCC1. The molecule has 0 aromatic heterocycles. The molecule has 1 aliphatic carbocycles. The minimum absolute atomic E-state index is 0.0104. The molecule has 156 valence electrons. The summed E-state index contributed by atoms with van der Waals surface area (Å²) in [5.41, 5.74) is 1.28. The maximum atomic E-state index is 12.8. The van der Waals surface area contributed by atoms with Crippen molar-refractivity contribution in [2.45, 2.75) is 62.3 Å². The van der Waals surface area contributed by atoms with E-state index in [2.05, 4.69) is 5.32 Å². The third-order valence-corrected chi connectivity index (χ3v) is 7.11. The smallest absolute Gasteiger partial charge is 0.253 e. The van der Waals surface area contributed by atoms with Crippen molar-refractivity contribution >= 4 is 35.2 Å². The molecule has 1 saturated carbocycles. The van der Waals surface area contributed by atoms with Crippen LogP contribution >= 0.6 is 11.8 Å². The van der Waals surface area contributed by atoms with Gasteiger partial charge in [0.25, 0.3) is 5.91 Å². The van der Waals surface area contributed by atoms with Gasteiger partial charge in [-0.1, -0.05) is 25.7 Å². The summed E-state index contributed by atoms with van der Waals surface area (Å²) in [7, 11) is 0. The molecule has 0 unspecified atom stereocenters. The van der Waals surface area contributed by atoms with Gasteiger partial charge in [-0.05, 0) is 43.9 Å². The van der Waals surface area contributed by atoms with E-state index in [4.69, 9.17) is 0 Å². The summed E-state index contributed by atoms with van der Waals surface area (Å²) in [6, 6.07) is 5.75. The van der Waals surface area contributed by atoms with Crippen LogP contribution in [0.15, 0.2) is 23.1 Å². The van der Waals surface area contributed by atoms with Gasteiger partial charge in [0.1, 0.15) is 6.54 Å². The van der Waals surface area contributed by atoms with Gasteiger partial charge in [-0.25, -0.2) is 0 Å². The molecule has 0 spiro atoms. The van der Waals surface area contributed by atoms with Crippen molar-refractivity contribution in [3.63, 3.8) is 0 Å². The topological polar surface area (TPSA) is 69.7 Å². The van der Waals surface area contributed by atoms with Crippen LogP contribution in [-0.4, -0.2) is 54.1 Å². The molecule has 3 aliphatic rings. The molecular formula is C22H29N3O3S. The van der Waals surface area contributed by atoms with Crippen molar-refractivity contribution in [3.05, 3.63) is 23.8 Å². The Balaban J connectivity index is 1.49. The second-order valence-electron chi connectivity index (χ2n) is 8.21. The van der Waals surface area contributed by atoms with E-state index in [9.17, 15) is 14.4 Å². The number of fused-ring (bicyclic) bond motifs is 1. The predicted molar refractivity (Wildman–Crippen MR) is 114 cm³/mol. The lowest BCUT2D eigenvalue weighted by molar-refractivity contribution is -0.123. The van der Waals surface area contributed by atoms with Crippen LogP contribution in [0.25, 0.3) is 0 Å². The number of nitrogens with zero attached hydrogens (tertiary/aromatic N) is 2. The minimum Gasteiger partial charge on any atom is -0.352 e. The molecule has 2 aliphatic heterocycles. The van der Waals surface area contributed by atoms with Crippen LogP contribution in [0.1, 0.15) is 61.7 Å². The fourth-order valence-electron chi connectivity index (χ4n) is 4.45. The lowest BCUT2D eigenvalue weighted by Crippen LogP contribution is -2.46. The van der Waals surface area contributed by atoms with Crippen molar-refractivity contribution in [2.24, 2.45) is 0 Å². The van der Waals surface area contributed by atoms with E-state index >= 15 is 0 Å². The summed E-state index contributed by atoms with van der Waals surface area (Å²) in [5.74, 6) is 0.142.